The van der Waals surface area contributed by atoms with Gasteiger partial charge in [0.1, 0.15) is 16.7 Å². The lowest BCUT2D eigenvalue weighted by Gasteiger charge is -2.18. The summed E-state index contributed by atoms with van der Waals surface area (Å²) in [6, 6.07) is 49.8. The highest BCUT2D eigenvalue weighted by Gasteiger charge is 2.18. The van der Waals surface area contributed by atoms with Crippen LogP contribution in [0, 0.1) is 0 Å². The maximum atomic E-state index is 6.49. The van der Waals surface area contributed by atoms with Gasteiger partial charge in [0, 0.05) is 10.8 Å². The average molecular weight is 537 g/mol. The molecule has 9 rings (SSSR count). The van der Waals surface area contributed by atoms with Crippen LogP contribution in [0.15, 0.2) is 155 Å². The van der Waals surface area contributed by atoms with Crippen LogP contribution in [-0.2, 0) is 0 Å². The zero-order valence-corrected chi connectivity index (χ0v) is 22.7. The minimum absolute atomic E-state index is 0.839. The van der Waals surface area contributed by atoms with Gasteiger partial charge in [-0.1, -0.05) is 109 Å². The molecule has 0 fully saturated rings. The fraction of sp³-hybridized carbons (Fsp3) is 0. The third kappa shape index (κ3) is 3.39. The van der Waals surface area contributed by atoms with Crippen molar-refractivity contribution in [2.24, 2.45) is 0 Å². The first-order chi connectivity index (χ1) is 20.8. The van der Waals surface area contributed by atoms with Crippen LogP contribution in [0.1, 0.15) is 0 Å². The van der Waals surface area contributed by atoms with Crippen LogP contribution in [0.25, 0.3) is 87.8 Å². The summed E-state index contributed by atoms with van der Waals surface area (Å²) in [7, 11) is 0. The second-order valence-corrected chi connectivity index (χ2v) is 10.9. The Morgan fingerprint density at radius 1 is 0.333 bits per heavy atom. The topological polar surface area (TPSA) is 26.3 Å². The number of fused-ring (bicyclic) bond motifs is 7. The molecule has 42 heavy (non-hydrogen) atoms. The Morgan fingerprint density at radius 3 is 1.57 bits per heavy atom. The quantitative estimate of drug-likeness (QED) is 0.210. The summed E-state index contributed by atoms with van der Waals surface area (Å²) in [5.41, 5.74) is 9.88. The van der Waals surface area contributed by atoms with Gasteiger partial charge in [-0.2, -0.15) is 0 Å². The van der Waals surface area contributed by atoms with E-state index in [9.17, 15) is 0 Å². The number of furan rings is 2. The SMILES string of the molecule is c1ccc(-c2ccc(-c3c4ccccc4c(-c4ccc5c(c4)oc4c6ccoc6ccc54)c4ccccc34)cc2)cc1. The highest BCUT2D eigenvalue weighted by molar-refractivity contribution is 6.22. The van der Waals surface area contributed by atoms with Gasteiger partial charge in [-0.3, -0.25) is 0 Å². The summed E-state index contributed by atoms with van der Waals surface area (Å²) in [4.78, 5) is 0. The lowest BCUT2D eigenvalue weighted by molar-refractivity contribution is 0.615. The molecule has 0 bridgehead atoms. The molecule has 2 nitrogen and oxygen atoms in total. The molecule has 2 aromatic heterocycles. The maximum absolute atomic E-state index is 6.49. The fourth-order valence-electron chi connectivity index (χ4n) is 6.64. The van der Waals surface area contributed by atoms with Crippen molar-refractivity contribution in [3.05, 3.63) is 146 Å². The van der Waals surface area contributed by atoms with Crippen molar-refractivity contribution in [3.63, 3.8) is 0 Å². The summed E-state index contributed by atoms with van der Waals surface area (Å²) in [6.45, 7) is 0. The van der Waals surface area contributed by atoms with Gasteiger partial charge < -0.3 is 8.83 Å². The molecule has 0 aliphatic carbocycles. The van der Waals surface area contributed by atoms with Gasteiger partial charge in [0.25, 0.3) is 0 Å². The van der Waals surface area contributed by atoms with E-state index in [1.54, 1.807) is 6.26 Å². The van der Waals surface area contributed by atoms with Gasteiger partial charge in [-0.15, -0.1) is 0 Å². The number of hydrogen-bond acceptors (Lipinski definition) is 2. The molecule has 2 heteroatoms. The monoisotopic (exact) mass is 536 g/mol. The summed E-state index contributed by atoms with van der Waals surface area (Å²) < 4.78 is 12.1. The molecular formula is C40H24O2. The van der Waals surface area contributed by atoms with Crippen molar-refractivity contribution in [1.82, 2.24) is 0 Å². The van der Waals surface area contributed by atoms with Crippen molar-refractivity contribution in [2.75, 3.05) is 0 Å². The largest absolute Gasteiger partial charge is 0.464 e. The Balaban J connectivity index is 1.29. The van der Waals surface area contributed by atoms with Gasteiger partial charge >= 0.3 is 0 Å². The summed E-state index contributed by atoms with van der Waals surface area (Å²) in [5.74, 6) is 0. The zero-order valence-electron chi connectivity index (χ0n) is 22.7. The molecule has 0 aliphatic heterocycles. The van der Waals surface area contributed by atoms with E-state index in [2.05, 4.69) is 127 Å². The Kier molecular flexibility index (Phi) is 4.93. The van der Waals surface area contributed by atoms with Crippen LogP contribution < -0.4 is 0 Å². The molecule has 0 unspecified atom stereocenters. The molecule has 0 saturated heterocycles. The maximum Gasteiger partial charge on any atom is 0.146 e. The zero-order chi connectivity index (χ0) is 27.6. The minimum Gasteiger partial charge on any atom is -0.464 e. The molecule has 0 N–H and O–H groups in total. The van der Waals surface area contributed by atoms with Crippen molar-refractivity contribution >= 4 is 54.5 Å². The Morgan fingerprint density at radius 2 is 0.881 bits per heavy atom. The molecule has 9 aromatic rings. The Hall–Kier alpha value is -5.60. The number of rotatable bonds is 3. The van der Waals surface area contributed by atoms with Gasteiger partial charge in [0.2, 0.25) is 0 Å². The van der Waals surface area contributed by atoms with Crippen LogP contribution in [0.4, 0.5) is 0 Å². The van der Waals surface area contributed by atoms with Gasteiger partial charge in [0.15, 0.2) is 0 Å². The average Bonchev–Trinajstić information content (AvgIpc) is 3.68. The molecular weight excluding hydrogens is 512 g/mol. The van der Waals surface area contributed by atoms with Gasteiger partial charge in [-0.05, 0) is 85.3 Å². The standard InChI is InChI=1S/C40H24O2/c1-2-8-25(9-3-1)26-14-16-27(17-15-26)38-30-10-4-6-12-32(30)39(33-13-7-5-11-31(33)38)28-18-19-29-34-20-21-36-35(22-23-41-36)40(34)42-37(29)24-28/h1-24H. The highest BCUT2D eigenvalue weighted by Crippen LogP contribution is 2.45. The van der Waals surface area contributed by atoms with Gasteiger partial charge in [0.05, 0.1) is 11.6 Å². The molecule has 7 aromatic carbocycles. The van der Waals surface area contributed by atoms with Crippen LogP contribution in [-0.4, -0.2) is 0 Å². The number of benzene rings is 7. The van der Waals surface area contributed by atoms with Crippen LogP contribution in [0.3, 0.4) is 0 Å². The third-order valence-corrected chi connectivity index (χ3v) is 8.57. The lowest BCUT2D eigenvalue weighted by Crippen LogP contribution is -1.91. The predicted octanol–water partition coefficient (Wildman–Crippen LogP) is 11.6. The van der Waals surface area contributed by atoms with E-state index in [0.29, 0.717) is 0 Å². The van der Waals surface area contributed by atoms with Crippen molar-refractivity contribution in [3.8, 4) is 33.4 Å². The van der Waals surface area contributed by atoms with Gasteiger partial charge in [-0.25, -0.2) is 0 Å². The number of hydrogen-bond donors (Lipinski definition) is 0. The Bertz CT molecular complexity index is 2380. The second kappa shape index (κ2) is 8.95. The summed E-state index contributed by atoms with van der Waals surface area (Å²) in [5, 5.41) is 8.16. The van der Waals surface area contributed by atoms with E-state index in [0.717, 1.165) is 38.5 Å². The third-order valence-electron chi connectivity index (χ3n) is 8.57. The normalized spacial score (nSPS) is 11.8. The molecule has 0 aliphatic rings. The Labute approximate surface area is 242 Å². The molecule has 2 heterocycles. The minimum atomic E-state index is 0.839. The first-order valence-corrected chi connectivity index (χ1v) is 14.3. The molecule has 196 valence electrons. The molecule has 0 radical (unpaired) electrons. The van der Waals surface area contributed by atoms with Crippen molar-refractivity contribution in [1.29, 1.82) is 0 Å². The molecule has 0 spiro atoms. The summed E-state index contributed by atoms with van der Waals surface area (Å²) >= 11 is 0. The van der Waals surface area contributed by atoms with E-state index >= 15 is 0 Å². The second-order valence-electron chi connectivity index (χ2n) is 10.9. The van der Waals surface area contributed by atoms with Crippen LogP contribution in [0.2, 0.25) is 0 Å². The van der Waals surface area contributed by atoms with E-state index in [1.165, 1.54) is 49.4 Å². The first-order valence-electron chi connectivity index (χ1n) is 14.3. The fourth-order valence-corrected chi connectivity index (χ4v) is 6.64. The van der Waals surface area contributed by atoms with E-state index in [-0.39, 0.29) is 0 Å². The lowest BCUT2D eigenvalue weighted by atomic mass is 9.85. The molecule has 0 saturated carbocycles. The van der Waals surface area contributed by atoms with Crippen LogP contribution >= 0.6 is 0 Å². The van der Waals surface area contributed by atoms with Crippen LogP contribution in [0.5, 0.6) is 0 Å². The molecule has 0 atom stereocenters. The van der Waals surface area contributed by atoms with Crippen molar-refractivity contribution < 1.29 is 8.83 Å². The highest BCUT2D eigenvalue weighted by atomic mass is 16.3. The first kappa shape index (κ1) is 23.1. The van der Waals surface area contributed by atoms with Crippen molar-refractivity contribution in [2.45, 2.75) is 0 Å². The predicted molar refractivity (Wildman–Crippen MR) is 175 cm³/mol. The van der Waals surface area contributed by atoms with E-state index < -0.39 is 0 Å². The van der Waals surface area contributed by atoms with E-state index in [1.807, 2.05) is 12.1 Å². The molecule has 0 amide bonds. The van der Waals surface area contributed by atoms with E-state index in [4.69, 9.17) is 8.83 Å². The summed E-state index contributed by atoms with van der Waals surface area (Å²) in [6.07, 6.45) is 1.72. The smallest absolute Gasteiger partial charge is 0.146 e.